The highest BCUT2D eigenvalue weighted by molar-refractivity contribution is 5.99. The number of carbonyl (C=O) groups excluding carboxylic acids is 3. The van der Waals surface area contributed by atoms with Crippen LogP contribution in [0.1, 0.15) is 25.8 Å². The van der Waals surface area contributed by atoms with Crippen LogP contribution in [0.2, 0.25) is 0 Å². The number of ether oxygens (including phenoxy) is 1. The van der Waals surface area contributed by atoms with E-state index >= 15 is 0 Å². The zero-order chi connectivity index (χ0) is 19.4. The Morgan fingerprint density at radius 2 is 1.78 bits per heavy atom. The number of nitrogens with zero attached hydrogens (tertiary/aromatic N) is 1. The summed E-state index contributed by atoms with van der Waals surface area (Å²) in [5.74, 6) is -0.799. The van der Waals surface area contributed by atoms with Gasteiger partial charge in [0.25, 0.3) is 0 Å². The van der Waals surface area contributed by atoms with E-state index in [9.17, 15) is 14.4 Å². The van der Waals surface area contributed by atoms with Crippen LogP contribution in [-0.4, -0.2) is 24.3 Å². The van der Waals surface area contributed by atoms with Crippen molar-refractivity contribution in [3.05, 3.63) is 54.1 Å². The maximum Gasteiger partial charge on any atom is 0.316 e. The van der Waals surface area contributed by atoms with Crippen molar-refractivity contribution in [1.82, 2.24) is 0 Å². The van der Waals surface area contributed by atoms with Crippen molar-refractivity contribution in [3.8, 4) is 5.75 Å². The molecule has 1 unspecified atom stereocenters. The highest BCUT2D eigenvalue weighted by atomic mass is 16.5. The topological polar surface area (TPSA) is 75.7 Å². The van der Waals surface area contributed by atoms with Crippen molar-refractivity contribution in [2.24, 2.45) is 5.92 Å². The molecule has 0 aliphatic carbocycles. The van der Waals surface area contributed by atoms with Gasteiger partial charge >= 0.3 is 5.97 Å². The zero-order valence-electron chi connectivity index (χ0n) is 15.4. The fourth-order valence-electron chi connectivity index (χ4n) is 3.04. The van der Waals surface area contributed by atoms with E-state index in [1.807, 2.05) is 24.3 Å². The largest absolute Gasteiger partial charge is 0.426 e. The third-order valence-electron chi connectivity index (χ3n) is 4.51. The fraction of sp³-hybridized carbons (Fsp3) is 0.286. The van der Waals surface area contributed by atoms with Gasteiger partial charge in [0, 0.05) is 31.3 Å². The summed E-state index contributed by atoms with van der Waals surface area (Å²) in [6.45, 7) is 3.81. The van der Waals surface area contributed by atoms with Crippen molar-refractivity contribution in [2.45, 2.75) is 26.7 Å². The molecule has 140 valence electrons. The van der Waals surface area contributed by atoms with Gasteiger partial charge in [-0.1, -0.05) is 19.1 Å². The predicted octanol–water partition coefficient (Wildman–Crippen LogP) is 3.17. The molecule has 0 bridgehead atoms. The van der Waals surface area contributed by atoms with Crippen LogP contribution in [0.25, 0.3) is 0 Å². The molecule has 1 saturated heterocycles. The van der Waals surface area contributed by atoms with Crippen LogP contribution in [0.5, 0.6) is 5.75 Å². The summed E-state index contributed by atoms with van der Waals surface area (Å²) in [5, 5.41) is 2.65. The van der Waals surface area contributed by atoms with Crippen molar-refractivity contribution >= 4 is 29.2 Å². The SMILES string of the molecule is CCc1ccc(N2CC(C(=O)Oc3ccc(NC(C)=O)cc3)CC2=O)cc1. The lowest BCUT2D eigenvalue weighted by Crippen LogP contribution is -2.27. The first-order valence-electron chi connectivity index (χ1n) is 8.95. The van der Waals surface area contributed by atoms with Crippen molar-refractivity contribution in [3.63, 3.8) is 0 Å². The van der Waals surface area contributed by atoms with Gasteiger partial charge in [-0.15, -0.1) is 0 Å². The van der Waals surface area contributed by atoms with Gasteiger partial charge in [-0.05, 0) is 48.4 Å². The first-order chi connectivity index (χ1) is 13.0. The first kappa shape index (κ1) is 18.6. The minimum atomic E-state index is -0.502. The monoisotopic (exact) mass is 366 g/mol. The molecule has 6 nitrogen and oxygen atoms in total. The number of anilines is 2. The number of esters is 1. The van der Waals surface area contributed by atoms with E-state index in [4.69, 9.17) is 4.74 Å². The second kappa shape index (κ2) is 8.03. The lowest BCUT2D eigenvalue weighted by atomic mass is 10.1. The standard InChI is InChI=1S/C21H22N2O4/c1-3-15-4-8-18(9-5-15)23-13-16(12-20(23)25)21(26)27-19-10-6-17(7-11-19)22-14(2)24/h4-11,16H,3,12-13H2,1-2H3,(H,22,24). The number of hydrogen-bond acceptors (Lipinski definition) is 4. The van der Waals surface area contributed by atoms with Gasteiger partial charge in [-0.25, -0.2) is 0 Å². The number of benzene rings is 2. The summed E-state index contributed by atoms with van der Waals surface area (Å²) >= 11 is 0. The summed E-state index contributed by atoms with van der Waals surface area (Å²) < 4.78 is 5.40. The Balaban J connectivity index is 1.62. The number of amides is 2. The van der Waals surface area contributed by atoms with Crippen molar-refractivity contribution in [2.75, 3.05) is 16.8 Å². The molecule has 27 heavy (non-hydrogen) atoms. The Bertz CT molecular complexity index is 843. The predicted molar refractivity (Wildman–Crippen MR) is 103 cm³/mol. The molecule has 0 saturated carbocycles. The Hall–Kier alpha value is -3.15. The van der Waals surface area contributed by atoms with Gasteiger partial charge < -0.3 is 15.0 Å². The fourth-order valence-corrected chi connectivity index (χ4v) is 3.04. The Kier molecular flexibility index (Phi) is 5.54. The van der Waals surface area contributed by atoms with Crippen molar-refractivity contribution in [1.29, 1.82) is 0 Å². The van der Waals surface area contributed by atoms with Crippen LogP contribution in [-0.2, 0) is 20.8 Å². The van der Waals surface area contributed by atoms with Gasteiger partial charge in [-0.3, -0.25) is 14.4 Å². The van der Waals surface area contributed by atoms with E-state index in [0.717, 1.165) is 12.1 Å². The Morgan fingerprint density at radius 3 is 2.37 bits per heavy atom. The van der Waals surface area contributed by atoms with Crippen LogP contribution < -0.4 is 15.0 Å². The summed E-state index contributed by atoms with van der Waals surface area (Å²) in [7, 11) is 0. The average Bonchev–Trinajstić information content (AvgIpc) is 3.05. The quantitative estimate of drug-likeness (QED) is 0.651. The third-order valence-corrected chi connectivity index (χ3v) is 4.51. The molecule has 0 spiro atoms. The molecule has 1 fully saturated rings. The third kappa shape index (κ3) is 4.53. The molecular weight excluding hydrogens is 344 g/mol. The van der Waals surface area contributed by atoms with Crippen LogP contribution in [0, 0.1) is 5.92 Å². The Labute approximate surface area is 158 Å². The Morgan fingerprint density at radius 1 is 1.11 bits per heavy atom. The molecule has 0 aromatic heterocycles. The van der Waals surface area contributed by atoms with E-state index in [1.54, 1.807) is 29.2 Å². The second-order valence-electron chi connectivity index (χ2n) is 6.55. The molecule has 1 heterocycles. The van der Waals surface area contributed by atoms with E-state index in [0.29, 0.717) is 18.0 Å². The van der Waals surface area contributed by atoms with Crippen LogP contribution >= 0.6 is 0 Å². The molecule has 2 amide bonds. The maximum atomic E-state index is 12.4. The molecule has 1 atom stereocenters. The zero-order valence-corrected chi connectivity index (χ0v) is 15.4. The highest BCUT2D eigenvalue weighted by Crippen LogP contribution is 2.27. The van der Waals surface area contributed by atoms with E-state index in [2.05, 4.69) is 12.2 Å². The van der Waals surface area contributed by atoms with E-state index in [-0.39, 0.29) is 18.2 Å². The summed E-state index contributed by atoms with van der Waals surface area (Å²) in [5.41, 5.74) is 2.62. The first-order valence-corrected chi connectivity index (χ1v) is 8.95. The minimum absolute atomic E-state index is 0.0813. The number of carbonyl (C=O) groups is 3. The molecule has 0 radical (unpaired) electrons. The molecule has 2 aromatic rings. The normalized spacial score (nSPS) is 16.3. The molecule has 3 rings (SSSR count). The molecule has 2 aromatic carbocycles. The summed E-state index contributed by atoms with van der Waals surface area (Å²) in [6.07, 6.45) is 1.07. The van der Waals surface area contributed by atoms with Crippen LogP contribution in [0.4, 0.5) is 11.4 Å². The number of aryl methyl sites for hydroxylation is 1. The highest BCUT2D eigenvalue weighted by Gasteiger charge is 2.36. The number of rotatable bonds is 5. The van der Waals surface area contributed by atoms with Crippen LogP contribution in [0.3, 0.4) is 0 Å². The van der Waals surface area contributed by atoms with Gasteiger partial charge in [0.05, 0.1) is 5.92 Å². The number of nitrogens with one attached hydrogen (secondary N) is 1. The van der Waals surface area contributed by atoms with Crippen LogP contribution in [0.15, 0.2) is 48.5 Å². The summed E-state index contributed by atoms with van der Waals surface area (Å²) in [6, 6.07) is 14.3. The lowest BCUT2D eigenvalue weighted by Gasteiger charge is -2.17. The molecule has 1 N–H and O–H groups in total. The molecule has 6 heteroatoms. The van der Waals surface area contributed by atoms with Crippen molar-refractivity contribution < 1.29 is 19.1 Å². The maximum absolute atomic E-state index is 12.4. The molecular formula is C21H22N2O4. The number of hydrogen-bond donors (Lipinski definition) is 1. The van der Waals surface area contributed by atoms with Gasteiger partial charge in [-0.2, -0.15) is 0 Å². The smallest absolute Gasteiger partial charge is 0.316 e. The minimum Gasteiger partial charge on any atom is -0.426 e. The van der Waals surface area contributed by atoms with Gasteiger partial charge in [0.2, 0.25) is 11.8 Å². The van der Waals surface area contributed by atoms with E-state index in [1.165, 1.54) is 12.5 Å². The average molecular weight is 366 g/mol. The van der Waals surface area contributed by atoms with Gasteiger partial charge in [0.15, 0.2) is 0 Å². The van der Waals surface area contributed by atoms with Gasteiger partial charge in [0.1, 0.15) is 5.75 Å². The summed E-state index contributed by atoms with van der Waals surface area (Å²) in [4.78, 5) is 37.4. The van der Waals surface area contributed by atoms with E-state index < -0.39 is 11.9 Å². The molecule has 1 aliphatic heterocycles. The second-order valence-corrected chi connectivity index (χ2v) is 6.55. The lowest BCUT2D eigenvalue weighted by molar-refractivity contribution is -0.139. The molecule has 1 aliphatic rings.